The molecule has 0 aromatic carbocycles. The van der Waals surface area contributed by atoms with E-state index in [0.29, 0.717) is 6.04 Å². The van der Waals surface area contributed by atoms with Crippen molar-refractivity contribution in [2.45, 2.75) is 45.7 Å². The summed E-state index contributed by atoms with van der Waals surface area (Å²) in [5.41, 5.74) is 2.47. The molecule has 0 aliphatic carbocycles. The van der Waals surface area contributed by atoms with E-state index in [1.54, 1.807) is 0 Å². The molecule has 0 spiro atoms. The highest BCUT2D eigenvalue weighted by atomic mass is 15.2. The number of nitrogens with zero attached hydrogens (tertiary/aromatic N) is 2. The molecule has 1 aliphatic heterocycles. The second-order valence-electron chi connectivity index (χ2n) is 4.82. The van der Waals surface area contributed by atoms with Crippen molar-refractivity contribution in [2.75, 3.05) is 18.0 Å². The first-order valence-electron chi connectivity index (χ1n) is 6.73. The maximum atomic E-state index is 4.41. The lowest BCUT2D eigenvalue weighted by Crippen LogP contribution is -2.37. The van der Waals surface area contributed by atoms with Crippen molar-refractivity contribution in [2.24, 2.45) is 0 Å². The zero-order valence-corrected chi connectivity index (χ0v) is 10.9. The molecule has 3 nitrogen and oxygen atoms in total. The van der Waals surface area contributed by atoms with Crippen molar-refractivity contribution in [1.29, 1.82) is 0 Å². The normalized spacial score (nSPS) is 20.6. The van der Waals surface area contributed by atoms with Gasteiger partial charge in [0, 0.05) is 31.0 Å². The standard InChI is InChI=1S/C14H23N3/c1-3-15-11-13-10-14(7-8-16-13)17-9-5-4-6-12(17)2/h7-8,10,12,15H,3-6,9,11H2,1-2H3. The van der Waals surface area contributed by atoms with Crippen molar-refractivity contribution in [3.05, 3.63) is 24.0 Å². The van der Waals surface area contributed by atoms with Gasteiger partial charge in [-0.05, 0) is 44.9 Å². The molecule has 3 heteroatoms. The van der Waals surface area contributed by atoms with Crippen LogP contribution in [0.2, 0.25) is 0 Å². The first-order chi connectivity index (χ1) is 8.31. The highest BCUT2D eigenvalue weighted by Crippen LogP contribution is 2.24. The summed E-state index contributed by atoms with van der Waals surface area (Å²) in [7, 11) is 0. The van der Waals surface area contributed by atoms with Gasteiger partial charge in [0.1, 0.15) is 0 Å². The van der Waals surface area contributed by atoms with Crippen LogP contribution >= 0.6 is 0 Å². The molecular formula is C14H23N3. The summed E-state index contributed by atoms with van der Waals surface area (Å²) in [5, 5.41) is 3.32. The zero-order valence-electron chi connectivity index (χ0n) is 10.9. The first kappa shape index (κ1) is 12.4. The number of pyridine rings is 1. The number of aromatic nitrogens is 1. The van der Waals surface area contributed by atoms with Gasteiger partial charge in [-0.25, -0.2) is 0 Å². The predicted molar refractivity (Wildman–Crippen MR) is 72.3 cm³/mol. The van der Waals surface area contributed by atoms with E-state index >= 15 is 0 Å². The zero-order chi connectivity index (χ0) is 12.1. The molecule has 1 saturated heterocycles. The summed E-state index contributed by atoms with van der Waals surface area (Å²) in [4.78, 5) is 6.92. The van der Waals surface area contributed by atoms with Gasteiger partial charge in [-0.3, -0.25) is 4.98 Å². The molecule has 1 aromatic heterocycles. The van der Waals surface area contributed by atoms with Crippen molar-refractivity contribution in [1.82, 2.24) is 10.3 Å². The van der Waals surface area contributed by atoms with Gasteiger partial charge in [0.2, 0.25) is 0 Å². The molecule has 94 valence electrons. The van der Waals surface area contributed by atoms with Gasteiger partial charge in [-0.1, -0.05) is 6.92 Å². The minimum atomic E-state index is 0.665. The number of hydrogen-bond acceptors (Lipinski definition) is 3. The molecule has 2 rings (SSSR count). The van der Waals surface area contributed by atoms with Gasteiger partial charge in [0.25, 0.3) is 0 Å². The van der Waals surface area contributed by atoms with E-state index in [0.717, 1.165) is 18.8 Å². The Hall–Kier alpha value is -1.09. The van der Waals surface area contributed by atoms with Gasteiger partial charge in [0.15, 0.2) is 0 Å². The molecule has 17 heavy (non-hydrogen) atoms. The molecule has 0 saturated carbocycles. The minimum absolute atomic E-state index is 0.665. The van der Waals surface area contributed by atoms with Gasteiger partial charge in [-0.15, -0.1) is 0 Å². The van der Waals surface area contributed by atoms with Crippen molar-refractivity contribution in [3.8, 4) is 0 Å². The Labute approximate surface area is 104 Å². The Bertz CT molecular complexity index is 351. The summed E-state index contributed by atoms with van der Waals surface area (Å²) in [6, 6.07) is 5.03. The lowest BCUT2D eigenvalue weighted by Gasteiger charge is -2.35. The quantitative estimate of drug-likeness (QED) is 0.866. The third-order valence-electron chi connectivity index (χ3n) is 3.49. The SMILES string of the molecule is CCNCc1cc(N2CCCCC2C)ccn1. The van der Waals surface area contributed by atoms with Crippen LogP contribution in [0.4, 0.5) is 5.69 Å². The largest absolute Gasteiger partial charge is 0.369 e. The van der Waals surface area contributed by atoms with E-state index in [2.05, 4.69) is 41.2 Å². The molecule has 0 amide bonds. The van der Waals surface area contributed by atoms with E-state index in [4.69, 9.17) is 0 Å². The van der Waals surface area contributed by atoms with Crippen molar-refractivity contribution in [3.63, 3.8) is 0 Å². The Kier molecular flexibility index (Phi) is 4.37. The molecule has 1 unspecified atom stereocenters. The average molecular weight is 233 g/mol. The topological polar surface area (TPSA) is 28.2 Å². The fraction of sp³-hybridized carbons (Fsp3) is 0.643. The van der Waals surface area contributed by atoms with Crippen LogP contribution in [0.15, 0.2) is 18.3 Å². The fourth-order valence-corrected chi connectivity index (χ4v) is 2.48. The smallest absolute Gasteiger partial charge is 0.0562 e. The van der Waals surface area contributed by atoms with Gasteiger partial charge < -0.3 is 10.2 Å². The maximum Gasteiger partial charge on any atom is 0.0562 e. The highest BCUT2D eigenvalue weighted by molar-refractivity contribution is 5.47. The predicted octanol–water partition coefficient (Wildman–Crippen LogP) is 2.57. The lowest BCUT2D eigenvalue weighted by molar-refractivity contribution is 0.484. The minimum Gasteiger partial charge on any atom is -0.369 e. The van der Waals surface area contributed by atoms with Crippen molar-refractivity contribution >= 4 is 5.69 Å². The molecule has 1 atom stereocenters. The molecule has 1 aliphatic rings. The van der Waals surface area contributed by atoms with Gasteiger partial charge >= 0.3 is 0 Å². The van der Waals surface area contributed by atoms with Crippen LogP contribution in [-0.2, 0) is 6.54 Å². The Morgan fingerprint density at radius 2 is 2.35 bits per heavy atom. The van der Waals surface area contributed by atoms with E-state index in [1.165, 1.54) is 31.5 Å². The Morgan fingerprint density at radius 1 is 1.47 bits per heavy atom. The number of hydrogen-bond donors (Lipinski definition) is 1. The van der Waals surface area contributed by atoms with Crippen LogP contribution < -0.4 is 10.2 Å². The van der Waals surface area contributed by atoms with Crippen LogP contribution in [0, 0.1) is 0 Å². The summed E-state index contributed by atoms with van der Waals surface area (Å²) in [6.45, 7) is 7.49. The second kappa shape index (κ2) is 6.01. The third-order valence-corrected chi connectivity index (χ3v) is 3.49. The second-order valence-corrected chi connectivity index (χ2v) is 4.82. The van der Waals surface area contributed by atoms with Gasteiger partial charge in [-0.2, -0.15) is 0 Å². The van der Waals surface area contributed by atoms with E-state index in [1.807, 2.05) is 6.20 Å². The van der Waals surface area contributed by atoms with E-state index < -0.39 is 0 Å². The van der Waals surface area contributed by atoms with Crippen LogP contribution in [0.3, 0.4) is 0 Å². The van der Waals surface area contributed by atoms with Crippen LogP contribution in [0.5, 0.6) is 0 Å². The van der Waals surface area contributed by atoms with Gasteiger partial charge in [0.05, 0.1) is 5.69 Å². The average Bonchev–Trinajstić information content (AvgIpc) is 2.37. The first-order valence-corrected chi connectivity index (χ1v) is 6.73. The van der Waals surface area contributed by atoms with Crippen LogP contribution in [0.1, 0.15) is 38.8 Å². The molecule has 0 radical (unpaired) electrons. The third kappa shape index (κ3) is 3.19. The monoisotopic (exact) mass is 233 g/mol. The van der Waals surface area contributed by atoms with E-state index in [-0.39, 0.29) is 0 Å². The maximum absolute atomic E-state index is 4.41. The molecule has 1 aromatic rings. The van der Waals surface area contributed by atoms with E-state index in [9.17, 15) is 0 Å². The Balaban J connectivity index is 2.08. The number of rotatable bonds is 4. The molecular weight excluding hydrogens is 210 g/mol. The number of nitrogens with one attached hydrogen (secondary N) is 1. The molecule has 1 N–H and O–H groups in total. The molecule has 0 bridgehead atoms. The summed E-state index contributed by atoms with van der Waals surface area (Å²) in [6.07, 6.45) is 5.93. The van der Waals surface area contributed by atoms with Crippen LogP contribution in [0.25, 0.3) is 0 Å². The summed E-state index contributed by atoms with van der Waals surface area (Å²) >= 11 is 0. The summed E-state index contributed by atoms with van der Waals surface area (Å²) < 4.78 is 0. The van der Waals surface area contributed by atoms with Crippen LogP contribution in [-0.4, -0.2) is 24.1 Å². The summed E-state index contributed by atoms with van der Waals surface area (Å²) in [5.74, 6) is 0. The lowest BCUT2D eigenvalue weighted by atomic mass is 10.0. The molecule has 2 heterocycles. The van der Waals surface area contributed by atoms with Crippen molar-refractivity contribution < 1.29 is 0 Å². The number of piperidine rings is 1. The number of anilines is 1. The fourth-order valence-electron chi connectivity index (χ4n) is 2.48. The highest BCUT2D eigenvalue weighted by Gasteiger charge is 2.18. The molecule has 1 fully saturated rings. The Morgan fingerprint density at radius 3 is 3.12 bits per heavy atom.